The monoisotopic (exact) mass is 296 g/mol. The van der Waals surface area contributed by atoms with Crippen LogP contribution in [0.1, 0.15) is 51.5 Å². The van der Waals surface area contributed by atoms with Crippen LogP contribution in [0.3, 0.4) is 0 Å². The predicted octanol–water partition coefficient (Wildman–Crippen LogP) is 4.84. The number of halogens is 2. The van der Waals surface area contributed by atoms with Gasteiger partial charge in [0.1, 0.15) is 0 Å². The Labute approximate surface area is 124 Å². The van der Waals surface area contributed by atoms with Crippen molar-refractivity contribution in [3.8, 4) is 0 Å². The molecule has 0 bridgehead atoms. The predicted molar refractivity (Wildman–Crippen MR) is 77.3 cm³/mol. The summed E-state index contributed by atoms with van der Waals surface area (Å²) in [6.45, 7) is 4.13. The molecule has 0 aliphatic heterocycles. The van der Waals surface area contributed by atoms with Crippen LogP contribution < -0.4 is 0 Å². The maximum absolute atomic E-state index is 14.5. The molecule has 1 fully saturated rings. The maximum atomic E-state index is 14.5. The van der Waals surface area contributed by atoms with E-state index in [1.54, 1.807) is 18.2 Å². The fourth-order valence-electron chi connectivity index (χ4n) is 3.08. The van der Waals surface area contributed by atoms with Crippen molar-refractivity contribution in [3.05, 3.63) is 35.9 Å². The van der Waals surface area contributed by atoms with Crippen molar-refractivity contribution in [2.45, 2.75) is 51.9 Å². The number of hydrogen-bond donors (Lipinski definition) is 1. The Hall–Kier alpha value is -1.45. The third kappa shape index (κ3) is 3.42. The summed E-state index contributed by atoms with van der Waals surface area (Å²) in [5.74, 6) is -4.20. The molecule has 0 atom stereocenters. The minimum absolute atomic E-state index is 0.0426. The van der Waals surface area contributed by atoms with Gasteiger partial charge in [-0.05, 0) is 31.1 Å². The Bertz CT molecular complexity index is 499. The van der Waals surface area contributed by atoms with E-state index in [0.29, 0.717) is 25.7 Å². The zero-order valence-corrected chi connectivity index (χ0v) is 12.5. The van der Waals surface area contributed by atoms with Gasteiger partial charge in [0.05, 0.1) is 5.41 Å². The molecule has 1 aromatic carbocycles. The van der Waals surface area contributed by atoms with E-state index in [0.717, 1.165) is 0 Å². The van der Waals surface area contributed by atoms with Crippen LogP contribution in [-0.4, -0.2) is 11.1 Å². The molecule has 0 amide bonds. The number of carboxylic acids is 1. The molecule has 0 spiro atoms. The van der Waals surface area contributed by atoms with Crippen molar-refractivity contribution >= 4 is 5.97 Å². The van der Waals surface area contributed by atoms with Crippen molar-refractivity contribution in [3.63, 3.8) is 0 Å². The van der Waals surface area contributed by atoms with E-state index < -0.39 is 23.7 Å². The second-order valence-electron chi connectivity index (χ2n) is 7.00. The normalized spacial score (nSPS) is 21.0. The number of aliphatic carboxylic acids is 1. The number of carbonyl (C=O) groups is 1. The maximum Gasteiger partial charge on any atom is 0.309 e. The Morgan fingerprint density at radius 3 is 2.14 bits per heavy atom. The molecule has 1 aliphatic carbocycles. The molecule has 1 saturated carbocycles. The lowest BCUT2D eigenvalue weighted by Gasteiger charge is -2.42. The lowest BCUT2D eigenvalue weighted by Crippen LogP contribution is -2.41. The van der Waals surface area contributed by atoms with E-state index in [4.69, 9.17) is 0 Å². The van der Waals surface area contributed by atoms with Crippen LogP contribution in [0.5, 0.6) is 0 Å². The molecular weight excluding hydrogens is 274 g/mol. The van der Waals surface area contributed by atoms with Gasteiger partial charge in [-0.3, -0.25) is 4.79 Å². The highest BCUT2D eigenvalue weighted by Crippen LogP contribution is 2.51. The van der Waals surface area contributed by atoms with Crippen LogP contribution in [0.2, 0.25) is 0 Å². The SMILES string of the molecule is CC1(C)CCC(CC(F)(F)c2ccccc2)(C(=O)O)CC1. The first kappa shape index (κ1) is 15.9. The summed E-state index contributed by atoms with van der Waals surface area (Å²) in [5.41, 5.74) is -1.37. The lowest BCUT2D eigenvalue weighted by molar-refractivity contribution is -0.161. The lowest BCUT2D eigenvalue weighted by atomic mass is 9.62. The van der Waals surface area contributed by atoms with Gasteiger partial charge >= 0.3 is 5.97 Å². The van der Waals surface area contributed by atoms with Crippen LogP contribution in [0.25, 0.3) is 0 Å². The van der Waals surface area contributed by atoms with Gasteiger partial charge in [-0.25, -0.2) is 8.78 Å². The second-order valence-corrected chi connectivity index (χ2v) is 7.00. The smallest absolute Gasteiger partial charge is 0.309 e. The number of benzene rings is 1. The molecule has 0 saturated heterocycles. The summed E-state index contributed by atoms with van der Waals surface area (Å²) >= 11 is 0. The summed E-state index contributed by atoms with van der Waals surface area (Å²) in [5, 5.41) is 9.54. The van der Waals surface area contributed by atoms with Gasteiger partial charge in [0.15, 0.2) is 0 Å². The Balaban J connectivity index is 2.23. The molecule has 1 aromatic rings. The number of carboxylic acid groups (broad SMARTS) is 1. The summed E-state index contributed by atoms with van der Waals surface area (Å²) in [7, 11) is 0. The fraction of sp³-hybridized carbons (Fsp3) is 0.588. The molecule has 0 heterocycles. The zero-order valence-electron chi connectivity index (χ0n) is 12.5. The molecule has 0 unspecified atom stereocenters. The van der Waals surface area contributed by atoms with Crippen molar-refractivity contribution in [1.29, 1.82) is 0 Å². The van der Waals surface area contributed by atoms with Gasteiger partial charge < -0.3 is 5.11 Å². The van der Waals surface area contributed by atoms with Crippen LogP contribution in [0.15, 0.2) is 30.3 Å². The molecule has 4 heteroatoms. The first-order valence-corrected chi connectivity index (χ1v) is 7.34. The van der Waals surface area contributed by atoms with E-state index in [2.05, 4.69) is 13.8 Å². The Morgan fingerprint density at radius 1 is 1.14 bits per heavy atom. The highest BCUT2D eigenvalue weighted by atomic mass is 19.3. The molecule has 2 nitrogen and oxygen atoms in total. The molecule has 0 aromatic heterocycles. The van der Waals surface area contributed by atoms with Gasteiger partial charge in [-0.15, -0.1) is 0 Å². The number of alkyl halides is 2. The summed E-state index contributed by atoms with van der Waals surface area (Å²) < 4.78 is 29.0. The molecule has 1 N–H and O–H groups in total. The van der Waals surface area contributed by atoms with E-state index in [1.807, 2.05) is 0 Å². The Kier molecular flexibility index (Phi) is 4.09. The van der Waals surface area contributed by atoms with Gasteiger partial charge in [0.2, 0.25) is 0 Å². The number of hydrogen-bond acceptors (Lipinski definition) is 1. The van der Waals surface area contributed by atoms with Crippen molar-refractivity contribution in [2.24, 2.45) is 10.8 Å². The third-order valence-corrected chi connectivity index (χ3v) is 4.77. The van der Waals surface area contributed by atoms with Crippen LogP contribution in [0.4, 0.5) is 8.78 Å². The van der Waals surface area contributed by atoms with Gasteiger partial charge in [-0.1, -0.05) is 44.2 Å². The largest absolute Gasteiger partial charge is 0.481 e. The van der Waals surface area contributed by atoms with Crippen molar-refractivity contribution in [1.82, 2.24) is 0 Å². The minimum Gasteiger partial charge on any atom is -0.481 e. The van der Waals surface area contributed by atoms with Crippen molar-refractivity contribution < 1.29 is 18.7 Å². The van der Waals surface area contributed by atoms with Gasteiger partial charge in [0.25, 0.3) is 5.92 Å². The topological polar surface area (TPSA) is 37.3 Å². The summed E-state index contributed by atoms with van der Waals surface area (Å²) in [6, 6.07) is 7.52. The highest BCUT2D eigenvalue weighted by molar-refractivity contribution is 5.75. The molecule has 116 valence electrons. The summed E-state index contributed by atoms with van der Waals surface area (Å²) in [6.07, 6.45) is 1.36. The molecule has 2 rings (SSSR count). The highest BCUT2D eigenvalue weighted by Gasteiger charge is 2.50. The van der Waals surface area contributed by atoms with Crippen LogP contribution in [-0.2, 0) is 10.7 Å². The molecular formula is C17H22F2O2. The molecule has 1 aliphatic rings. The van der Waals surface area contributed by atoms with E-state index in [9.17, 15) is 18.7 Å². The second kappa shape index (κ2) is 5.39. The van der Waals surface area contributed by atoms with E-state index >= 15 is 0 Å². The average molecular weight is 296 g/mol. The standard InChI is InChI=1S/C17H22F2O2/c1-15(2)8-10-16(11-9-15,14(20)21)12-17(18,19)13-6-4-3-5-7-13/h3-7H,8-12H2,1-2H3,(H,20,21). The average Bonchev–Trinajstić information content (AvgIpc) is 2.42. The molecule has 21 heavy (non-hydrogen) atoms. The third-order valence-electron chi connectivity index (χ3n) is 4.77. The van der Waals surface area contributed by atoms with Gasteiger partial charge in [-0.2, -0.15) is 0 Å². The molecule has 0 radical (unpaired) electrons. The fourth-order valence-corrected chi connectivity index (χ4v) is 3.08. The van der Waals surface area contributed by atoms with Gasteiger partial charge in [0, 0.05) is 12.0 Å². The van der Waals surface area contributed by atoms with E-state index in [-0.39, 0.29) is 11.0 Å². The van der Waals surface area contributed by atoms with E-state index in [1.165, 1.54) is 12.1 Å². The van der Waals surface area contributed by atoms with Crippen LogP contribution in [0, 0.1) is 10.8 Å². The Morgan fingerprint density at radius 2 is 1.67 bits per heavy atom. The minimum atomic E-state index is -3.11. The van der Waals surface area contributed by atoms with Crippen molar-refractivity contribution in [2.75, 3.05) is 0 Å². The zero-order chi connectivity index (χ0) is 15.7. The van der Waals surface area contributed by atoms with Crippen LogP contribution >= 0.6 is 0 Å². The quantitative estimate of drug-likeness (QED) is 0.863. The first-order valence-electron chi connectivity index (χ1n) is 7.34. The first-order chi connectivity index (χ1) is 9.67. The summed E-state index contributed by atoms with van der Waals surface area (Å²) in [4.78, 5) is 11.7. The number of rotatable bonds is 4.